The summed E-state index contributed by atoms with van der Waals surface area (Å²) >= 11 is 0. The van der Waals surface area contributed by atoms with E-state index in [1.807, 2.05) is 6.92 Å². The lowest BCUT2D eigenvalue weighted by atomic mass is 9.87. The van der Waals surface area contributed by atoms with Crippen LogP contribution in [-0.2, 0) is 4.74 Å². The molecule has 0 saturated carbocycles. The molecule has 0 aliphatic carbocycles. The molecule has 0 aromatic heterocycles. The topological polar surface area (TPSA) is 21.3 Å². The number of ether oxygens (including phenoxy) is 1. The van der Waals surface area contributed by atoms with Crippen LogP contribution < -0.4 is 5.32 Å². The molecule has 2 atom stereocenters. The summed E-state index contributed by atoms with van der Waals surface area (Å²) in [6, 6.07) is 0.512. The molecule has 0 bridgehead atoms. The van der Waals surface area contributed by atoms with Gasteiger partial charge in [-0.15, -0.1) is 0 Å². The maximum absolute atomic E-state index is 13.6. The van der Waals surface area contributed by atoms with Crippen molar-refractivity contribution in [2.24, 2.45) is 11.8 Å². The summed E-state index contributed by atoms with van der Waals surface area (Å²) in [6.45, 7) is 8.70. The van der Waals surface area contributed by atoms with Crippen LogP contribution in [0, 0.1) is 11.8 Å². The minimum absolute atomic E-state index is 0.198. The number of alkyl halides is 1. The first-order chi connectivity index (χ1) is 7.15. The molecule has 1 aliphatic heterocycles. The van der Waals surface area contributed by atoms with Crippen molar-refractivity contribution in [2.75, 3.05) is 19.8 Å². The quantitative estimate of drug-likeness (QED) is 0.707. The second kappa shape index (κ2) is 6.44. The van der Waals surface area contributed by atoms with E-state index < -0.39 is 6.17 Å². The highest BCUT2D eigenvalue weighted by atomic mass is 19.1. The molecule has 1 rings (SSSR count). The van der Waals surface area contributed by atoms with Crippen LogP contribution in [0.25, 0.3) is 0 Å². The van der Waals surface area contributed by atoms with Crippen molar-refractivity contribution in [3.05, 3.63) is 0 Å². The predicted molar refractivity (Wildman–Crippen MR) is 60.7 cm³/mol. The third kappa shape index (κ3) is 4.07. The largest absolute Gasteiger partial charge is 0.378 e. The highest BCUT2D eigenvalue weighted by molar-refractivity contribution is 4.76. The fraction of sp³-hybridized carbons (Fsp3) is 1.00. The van der Waals surface area contributed by atoms with Gasteiger partial charge >= 0.3 is 0 Å². The Hall–Kier alpha value is -0.150. The minimum Gasteiger partial charge on any atom is -0.378 e. The molecule has 15 heavy (non-hydrogen) atoms. The van der Waals surface area contributed by atoms with Gasteiger partial charge in [-0.05, 0) is 31.2 Å². The van der Waals surface area contributed by atoms with Crippen LogP contribution in [-0.4, -0.2) is 32.0 Å². The summed E-state index contributed by atoms with van der Waals surface area (Å²) in [6.07, 6.45) is 0.919. The average molecular weight is 217 g/mol. The fourth-order valence-electron chi connectivity index (χ4n) is 2.04. The van der Waals surface area contributed by atoms with Crippen LogP contribution in [0.2, 0.25) is 0 Å². The Morgan fingerprint density at radius 2 is 2.07 bits per heavy atom. The first kappa shape index (κ1) is 12.9. The van der Waals surface area contributed by atoms with Gasteiger partial charge in [0.15, 0.2) is 0 Å². The fourth-order valence-corrected chi connectivity index (χ4v) is 2.04. The van der Waals surface area contributed by atoms with E-state index in [-0.39, 0.29) is 5.92 Å². The van der Waals surface area contributed by atoms with Crippen molar-refractivity contribution in [3.63, 3.8) is 0 Å². The van der Waals surface area contributed by atoms with E-state index in [0.717, 1.165) is 26.2 Å². The smallest absolute Gasteiger partial charge is 0.103 e. The second-order valence-electron chi connectivity index (χ2n) is 4.81. The Labute approximate surface area is 92.6 Å². The zero-order valence-electron chi connectivity index (χ0n) is 10.1. The summed E-state index contributed by atoms with van der Waals surface area (Å²) in [5.74, 6) is 0.628. The van der Waals surface area contributed by atoms with Gasteiger partial charge in [-0.3, -0.25) is 0 Å². The number of hydrogen-bond acceptors (Lipinski definition) is 2. The van der Waals surface area contributed by atoms with E-state index in [1.54, 1.807) is 0 Å². The molecule has 0 aromatic carbocycles. The number of hydrogen-bond donors (Lipinski definition) is 1. The van der Waals surface area contributed by atoms with Crippen molar-refractivity contribution in [2.45, 2.75) is 45.8 Å². The minimum atomic E-state index is -0.649. The number of rotatable bonds is 7. The van der Waals surface area contributed by atoms with E-state index in [2.05, 4.69) is 19.2 Å². The van der Waals surface area contributed by atoms with Crippen LogP contribution in [0.5, 0.6) is 0 Å². The third-order valence-corrected chi connectivity index (χ3v) is 3.26. The molecule has 90 valence electrons. The Balaban J connectivity index is 2.18. The molecule has 0 radical (unpaired) electrons. The monoisotopic (exact) mass is 217 g/mol. The highest BCUT2D eigenvalue weighted by Gasteiger charge is 2.23. The van der Waals surface area contributed by atoms with Crippen molar-refractivity contribution >= 4 is 0 Å². The van der Waals surface area contributed by atoms with Gasteiger partial charge in [-0.2, -0.15) is 0 Å². The summed E-state index contributed by atoms with van der Waals surface area (Å²) < 4.78 is 18.7. The van der Waals surface area contributed by atoms with Crippen LogP contribution >= 0.6 is 0 Å². The molecule has 1 saturated heterocycles. The third-order valence-electron chi connectivity index (χ3n) is 3.26. The van der Waals surface area contributed by atoms with E-state index in [0.29, 0.717) is 18.4 Å². The first-order valence-electron chi connectivity index (χ1n) is 6.10. The van der Waals surface area contributed by atoms with Crippen molar-refractivity contribution in [1.82, 2.24) is 5.32 Å². The van der Waals surface area contributed by atoms with Crippen LogP contribution in [0.3, 0.4) is 0 Å². The van der Waals surface area contributed by atoms with Crippen LogP contribution in [0.15, 0.2) is 0 Å². The molecule has 0 aromatic rings. The van der Waals surface area contributed by atoms with Gasteiger partial charge in [0.25, 0.3) is 0 Å². The Bertz CT molecular complexity index is 171. The molecule has 0 amide bonds. The lowest BCUT2D eigenvalue weighted by molar-refractivity contribution is -0.00611. The zero-order valence-corrected chi connectivity index (χ0v) is 10.1. The van der Waals surface area contributed by atoms with Gasteiger partial charge in [0.2, 0.25) is 0 Å². The lowest BCUT2D eigenvalue weighted by Gasteiger charge is -2.29. The standard InChI is InChI=1S/C12H24FNO/c1-4-12(13)11(9(2)3)5-6-14-10-7-15-8-10/h9-12,14H,4-8H2,1-3H3/t11?,12-/m0/s1. The molecule has 1 N–H and O–H groups in total. The Morgan fingerprint density at radius 3 is 2.47 bits per heavy atom. The van der Waals surface area contributed by atoms with Crippen molar-refractivity contribution in [1.29, 1.82) is 0 Å². The summed E-state index contributed by atoms with van der Waals surface area (Å²) in [7, 11) is 0. The molecule has 0 spiro atoms. The van der Waals surface area contributed by atoms with Crippen LogP contribution in [0.1, 0.15) is 33.6 Å². The summed E-state index contributed by atoms with van der Waals surface area (Å²) in [5, 5.41) is 3.39. The Morgan fingerprint density at radius 1 is 1.40 bits per heavy atom. The van der Waals surface area contributed by atoms with E-state index in [4.69, 9.17) is 4.74 Å². The highest BCUT2D eigenvalue weighted by Crippen LogP contribution is 2.23. The molecule has 1 aliphatic rings. The normalized spacial score (nSPS) is 21.4. The summed E-state index contributed by atoms with van der Waals surface area (Å²) in [5.41, 5.74) is 0. The van der Waals surface area contributed by atoms with Gasteiger partial charge in [0, 0.05) is 0 Å². The van der Waals surface area contributed by atoms with Gasteiger partial charge in [0.1, 0.15) is 6.17 Å². The number of halogens is 1. The van der Waals surface area contributed by atoms with Gasteiger partial charge in [-0.1, -0.05) is 20.8 Å². The summed E-state index contributed by atoms with van der Waals surface area (Å²) in [4.78, 5) is 0. The Kier molecular flexibility index (Phi) is 5.54. The molecule has 2 nitrogen and oxygen atoms in total. The maximum atomic E-state index is 13.6. The average Bonchev–Trinajstić information content (AvgIpc) is 2.13. The van der Waals surface area contributed by atoms with Gasteiger partial charge in [-0.25, -0.2) is 4.39 Å². The van der Waals surface area contributed by atoms with Gasteiger partial charge in [0.05, 0.1) is 19.3 Å². The molecular weight excluding hydrogens is 193 g/mol. The van der Waals surface area contributed by atoms with Crippen molar-refractivity contribution < 1.29 is 9.13 Å². The second-order valence-corrected chi connectivity index (χ2v) is 4.81. The lowest BCUT2D eigenvalue weighted by Crippen LogP contribution is -2.46. The predicted octanol–water partition coefficient (Wildman–Crippen LogP) is 2.39. The van der Waals surface area contributed by atoms with Crippen molar-refractivity contribution in [3.8, 4) is 0 Å². The molecule has 1 unspecified atom stereocenters. The van der Waals surface area contributed by atoms with E-state index in [9.17, 15) is 4.39 Å². The molecular formula is C12H24FNO. The van der Waals surface area contributed by atoms with E-state index in [1.165, 1.54) is 0 Å². The maximum Gasteiger partial charge on any atom is 0.103 e. The zero-order chi connectivity index (χ0) is 11.3. The molecule has 3 heteroatoms. The first-order valence-corrected chi connectivity index (χ1v) is 6.10. The van der Waals surface area contributed by atoms with E-state index >= 15 is 0 Å². The van der Waals surface area contributed by atoms with Gasteiger partial charge < -0.3 is 10.1 Å². The molecule has 1 fully saturated rings. The number of nitrogens with one attached hydrogen (secondary N) is 1. The van der Waals surface area contributed by atoms with Crippen LogP contribution in [0.4, 0.5) is 4.39 Å². The molecule has 1 heterocycles. The SMILES string of the molecule is CC[C@H](F)C(CCNC1COC1)C(C)C.